The molecular weight excluding hydrogens is 460 g/mol. The zero-order chi connectivity index (χ0) is 26.7. The number of nitrogens with one attached hydrogen (secondary N) is 2. The lowest BCUT2D eigenvalue weighted by Gasteiger charge is -2.34. The molecule has 0 unspecified atom stereocenters. The summed E-state index contributed by atoms with van der Waals surface area (Å²) in [6, 6.07) is 9.77. The Labute approximate surface area is 211 Å². The number of carbonyl (C=O) groups is 3. The molecule has 1 saturated carbocycles. The van der Waals surface area contributed by atoms with Gasteiger partial charge in [-0.15, -0.1) is 0 Å². The monoisotopic (exact) mass is 494 g/mol. The van der Waals surface area contributed by atoms with Gasteiger partial charge in [0.05, 0.1) is 12.6 Å². The van der Waals surface area contributed by atoms with Crippen LogP contribution in [0.1, 0.15) is 57.0 Å². The molecule has 0 bridgehead atoms. The number of aliphatic hydroxyl groups is 1. The van der Waals surface area contributed by atoms with Gasteiger partial charge in [0, 0.05) is 23.7 Å². The van der Waals surface area contributed by atoms with Crippen LogP contribution in [0.2, 0.25) is 0 Å². The van der Waals surface area contributed by atoms with Crippen molar-refractivity contribution in [2.75, 3.05) is 13.7 Å². The van der Waals surface area contributed by atoms with Crippen molar-refractivity contribution < 1.29 is 29.0 Å². The Balaban J connectivity index is 1.76. The van der Waals surface area contributed by atoms with E-state index in [-0.39, 0.29) is 18.4 Å². The summed E-state index contributed by atoms with van der Waals surface area (Å²) in [6.07, 6.45) is 0.223. The Morgan fingerprint density at radius 1 is 1.08 bits per heavy atom. The van der Waals surface area contributed by atoms with Crippen LogP contribution in [0, 0.1) is 23.7 Å². The summed E-state index contributed by atoms with van der Waals surface area (Å²) in [7, 11) is 1.22. The fourth-order valence-electron chi connectivity index (χ4n) is 3.77. The van der Waals surface area contributed by atoms with Gasteiger partial charge in [0.25, 0.3) is 5.91 Å². The molecule has 0 saturated heterocycles. The van der Waals surface area contributed by atoms with Crippen molar-refractivity contribution in [1.82, 2.24) is 10.6 Å². The number of hydrogen-bond acceptors (Lipinski definition) is 6. The average molecular weight is 495 g/mol. The van der Waals surface area contributed by atoms with Crippen LogP contribution >= 0.6 is 0 Å². The van der Waals surface area contributed by atoms with Crippen molar-refractivity contribution in [3.63, 3.8) is 0 Å². The first-order valence-corrected chi connectivity index (χ1v) is 11.9. The van der Waals surface area contributed by atoms with E-state index >= 15 is 0 Å². The maximum absolute atomic E-state index is 13.1. The summed E-state index contributed by atoms with van der Waals surface area (Å²) in [5, 5.41) is 16.3. The zero-order valence-corrected chi connectivity index (χ0v) is 21.6. The number of ether oxygens (including phenoxy) is 2. The van der Waals surface area contributed by atoms with Gasteiger partial charge in [-0.25, -0.2) is 9.59 Å². The van der Waals surface area contributed by atoms with Gasteiger partial charge in [0.2, 0.25) is 0 Å². The summed E-state index contributed by atoms with van der Waals surface area (Å²) in [4.78, 5) is 37.9. The lowest BCUT2D eigenvalue weighted by Crippen LogP contribution is -2.62. The lowest BCUT2D eigenvalue weighted by molar-refractivity contribution is -0.144. The van der Waals surface area contributed by atoms with Crippen molar-refractivity contribution in [2.45, 2.75) is 58.2 Å². The maximum atomic E-state index is 13.1. The number of hydrogen-bond donors (Lipinski definition) is 3. The van der Waals surface area contributed by atoms with Gasteiger partial charge in [-0.1, -0.05) is 24.0 Å². The minimum Gasteiger partial charge on any atom is -0.467 e. The van der Waals surface area contributed by atoms with E-state index in [0.29, 0.717) is 5.56 Å². The van der Waals surface area contributed by atoms with Gasteiger partial charge < -0.3 is 25.2 Å². The minimum absolute atomic E-state index is 0.174. The van der Waals surface area contributed by atoms with Crippen molar-refractivity contribution >= 4 is 28.7 Å². The molecule has 2 aromatic carbocycles. The van der Waals surface area contributed by atoms with Crippen LogP contribution < -0.4 is 10.6 Å². The fraction of sp³-hybridized carbons (Fsp3) is 0.464. The predicted molar refractivity (Wildman–Crippen MR) is 136 cm³/mol. The highest BCUT2D eigenvalue weighted by atomic mass is 16.6. The van der Waals surface area contributed by atoms with E-state index < -0.39 is 35.2 Å². The van der Waals surface area contributed by atoms with E-state index in [1.165, 1.54) is 7.11 Å². The summed E-state index contributed by atoms with van der Waals surface area (Å²) in [5.74, 6) is 5.70. The van der Waals surface area contributed by atoms with E-state index in [9.17, 15) is 14.4 Å². The zero-order valence-electron chi connectivity index (χ0n) is 21.6. The van der Waals surface area contributed by atoms with Crippen molar-refractivity contribution in [3.05, 3.63) is 47.5 Å². The molecule has 0 aromatic heterocycles. The quantitative estimate of drug-likeness (QED) is 0.419. The van der Waals surface area contributed by atoms with Gasteiger partial charge >= 0.3 is 12.1 Å². The number of esters is 1. The van der Waals surface area contributed by atoms with Crippen molar-refractivity contribution in [1.29, 1.82) is 0 Å². The fourth-order valence-corrected chi connectivity index (χ4v) is 3.77. The highest BCUT2D eigenvalue weighted by Crippen LogP contribution is 2.37. The minimum atomic E-state index is -1.20. The van der Waals surface area contributed by atoms with Gasteiger partial charge in [-0.05, 0) is 82.0 Å². The molecule has 3 atom stereocenters. The van der Waals surface area contributed by atoms with Gasteiger partial charge in [0.1, 0.15) is 11.6 Å². The second-order valence-corrected chi connectivity index (χ2v) is 10.6. The highest BCUT2D eigenvalue weighted by molar-refractivity contribution is 6.00. The van der Waals surface area contributed by atoms with E-state index in [2.05, 4.69) is 22.5 Å². The number of carbonyl (C=O) groups excluding carboxylic acids is 3. The van der Waals surface area contributed by atoms with E-state index in [0.717, 1.165) is 22.8 Å². The summed E-state index contributed by atoms with van der Waals surface area (Å²) < 4.78 is 10.2. The number of fused-ring (bicyclic) bond motifs is 1. The smallest absolute Gasteiger partial charge is 0.408 e. The normalized spacial score (nSPS) is 17.9. The molecule has 1 fully saturated rings. The molecule has 0 aliphatic heterocycles. The summed E-state index contributed by atoms with van der Waals surface area (Å²) in [5.41, 5.74) is -0.705. The van der Waals surface area contributed by atoms with E-state index in [4.69, 9.17) is 14.6 Å². The third-order valence-electron chi connectivity index (χ3n) is 5.92. The van der Waals surface area contributed by atoms with Crippen LogP contribution in [0.5, 0.6) is 0 Å². The molecule has 0 radical (unpaired) electrons. The Kier molecular flexibility index (Phi) is 7.95. The topological polar surface area (TPSA) is 114 Å². The second-order valence-electron chi connectivity index (χ2n) is 10.6. The Morgan fingerprint density at radius 2 is 1.75 bits per heavy atom. The van der Waals surface area contributed by atoms with Crippen LogP contribution in [-0.4, -0.2) is 54.0 Å². The molecular formula is C28H34N2O6. The SMILES string of the molecule is COC(=O)[C@@H](NC(=O)c1ccc2cc(C#C[C@H]3C[C@@H]3CO)ccc2c1)C(C)(C)NC(=O)OC(C)(C)C. The molecule has 3 rings (SSSR count). The molecule has 1 aliphatic rings. The van der Waals surface area contributed by atoms with Crippen LogP contribution in [0.25, 0.3) is 10.8 Å². The van der Waals surface area contributed by atoms with Crippen molar-refractivity contribution in [3.8, 4) is 11.8 Å². The number of amides is 2. The Bertz CT molecular complexity index is 1220. The number of rotatable bonds is 6. The molecule has 36 heavy (non-hydrogen) atoms. The molecule has 8 nitrogen and oxygen atoms in total. The molecule has 0 spiro atoms. The number of methoxy groups -OCH3 is 1. The van der Waals surface area contributed by atoms with Crippen LogP contribution in [0.4, 0.5) is 4.79 Å². The van der Waals surface area contributed by atoms with E-state index in [1.54, 1.807) is 46.8 Å². The van der Waals surface area contributed by atoms with E-state index in [1.807, 2.05) is 24.3 Å². The van der Waals surface area contributed by atoms with Crippen molar-refractivity contribution in [2.24, 2.45) is 11.8 Å². The average Bonchev–Trinajstić information content (AvgIpc) is 3.57. The molecule has 3 N–H and O–H groups in total. The maximum Gasteiger partial charge on any atom is 0.408 e. The van der Waals surface area contributed by atoms with Crippen LogP contribution in [0.15, 0.2) is 36.4 Å². The third-order valence-corrected chi connectivity index (χ3v) is 5.92. The molecule has 8 heteroatoms. The summed E-state index contributed by atoms with van der Waals surface area (Å²) in [6.45, 7) is 8.57. The third kappa shape index (κ3) is 6.98. The predicted octanol–water partition coefficient (Wildman–Crippen LogP) is 3.39. The first-order chi connectivity index (χ1) is 16.8. The van der Waals surface area contributed by atoms with Crippen LogP contribution in [0.3, 0.4) is 0 Å². The van der Waals surface area contributed by atoms with Crippen LogP contribution in [-0.2, 0) is 14.3 Å². The van der Waals surface area contributed by atoms with Gasteiger partial charge in [-0.3, -0.25) is 4.79 Å². The molecule has 2 aromatic rings. The number of alkyl carbamates (subject to hydrolysis) is 1. The molecule has 192 valence electrons. The van der Waals surface area contributed by atoms with Gasteiger partial charge in [-0.2, -0.15) is 0 Å². The molecule has 2 amide bonds. The lowest BCUT2D eigenvalue weighted by atomic mass is 9.94. The number of benzene rings is 2. The largest absolute Gasteiger partial charge is 0.467 e. The number of aliphatic hydroxyl groups excluding tert-OH is 1. The molecule has 0 heterocycles. The summed E-state index contributed by atoms with van der Waals surface area (Å²) >= 11 is 0. The Morgan fingerprint density at radius 3 is 2.36 bits per heavy atom. The first-order valence-electron chi connectivity index (χ1n) is 11.9. The Hall–Kier alpha value is -3.57. The standard InChI is InChI=1S/C28H34N2O6/c1-27(2,3)36-26(34)30-28(4,5)23(25(33)35-6)29-24(32)21-12-11-18-13-17(7-9-19(18)14-21)8-10-20-15-22(20)16-31/h7,9,11-14,20,22-23,31H,15-16H2,1-6H3,(H,29,32)(H,30,34)/t20-,22+,23+/m0/s1. The van der Waals surface area contributed by atoms with Gasteiger partial charge in [0.15, 0.2) is 0 Å². The molecule has 1 aliphatic carbocycles. The highest BCUT2D eigenvalue weighted by Gasteiger charge is 2.40. The second kappa shape index (κ2) is 10.6. The first kappa shape index (κ1) is 27.0.